The Bertz CT molecular complexity index is 956. The molecule has 2 aromatic carbocycles. The number of hydrogen-bond donors (Lipinski definition) is 2. The third-order valence-corrected chi connectivity index (χ3v) is 4.18. The van der Waals surface area contributed by atoms with Crippen LogP contribution in [0.5, 0.6) is 0 Å². The van der Waals surface area contributed by atoms with Crippen LogP contribution >= 0.6 is 0 Å². The van der Waals surface area contributed by atoms with Crippen LogP contribution in [-0.2, 0) is 0 Å². The molecule has 1 amide bonds. The maximum atomic E-state index is 12.9. The zero-order valence-corrected chi connectivity index (χ0v) is 13.4. The van der Waals surface area contributed by atoms with Crippen molar-refractivity contribution in [2.24, 2.45) is 0 Å². The number of rotatable bonds is 4. The van der Waals surface area contributed by atoms with E-state index in [0.29, 0.717) is 5.56 Å². The van der Waals surface area contributed by atoms with Gasteiger partial charge in [-0.3, -0.25) is 14.9 Å². The molecule has 0 radical (unpaired) electrons. The summed E-state index contributed by atoms with van der Waals surface area (Å²) >= 11 is 0. The van der Waals surface area contributed by atoms with Crippen LogP contribution in [0.4, 0.5) is 0 Å². The number of amides is 1. The van der Waals surface area contributed by atoms with E-state index in [1.165, 1.54) is 0 Å². The van der Waals surface area contributed by atoms with Crippen molar-refractivity contribution in [2.45, 2.75) is 6.04 Å². The first-order chi connectivity index (χ1) is 12.3. The van der Waals surface area contributed by atoms with Gasteiger partial charge in [0.25, 0.3) is 5.91 Å². The smallest absolute Gasteiger partial charge is 0.252 e. The molecule has 5 nitrogen and oxygen atoms in total. The molecule has 4 aromatic rings. The summed E-state index contributed by atoms with van der Waals surface area (Å²) in [6, 6.07) is 19.0. The minimum absolute atomic E-state index is 0.141. The molecule has 0 unspecified atom stereocenters. The Morgan fingerprint density at radius 3 is 2.48 bits per heavy atom. The Balaban J connectivity index is 1.72. The number of carbonyl (C=O) groups excluding carboxylic acids is 1. The summed E-state index contributed by atoms with van der Waals surface area (Å²) < 4.78 is 0. The lowest BCUT2D eigenvalue weighted by atomic mass is 9.99. The molecular weight excluding hydrogens is 312 g/mol. The van der Waals surface area contributed by atoms with Crippen LogP contribution < -0.4 is 5.32 Å². The Labute approximate surface area is 144 Å². The van der Waals surface area contributed by atoms with Crippen molar-refractivity contribution in [1.82, 2.24) is 20.5 Å². The first-order valence-electron chi connectivity index (χ1n) is 8.01. The van der Waals surface area contributed by atoms with Crippen LogP contribution in [0.3, 0.4) is 0 Å². The molecule has 5 heteroatoms. The molecule has 0 saturated heterocycles. The molecule has 2 aromatic heterocycles. The molecule has 0 spiro atoms. The van der Waals surface area contributed by atoms with Gasteiger partial charge in [-0.2, -0.15) is 5.10 Å². The van der Waals surface area contributed by atoms with E-state index in [2.05, 4.69) is 20.5 Å². The number of pyridine rings is 1. The molecule has 0 saturated carbocycles. The zero-order chi connectivity index (χ0) is 17.1. The van der Waals surface area contributed by atoms with Crippen molar-refractivity contribution >= 4 is 16.8 Å². The minimum Gasteiger partial charge on any atom is -0.341 e. The molecule has 25 heavy (non-hydrogen) atoms. The van der Waals surface area contributed by atoms with Gasteiger partial charge >= 0.3 is 0 Å². The van der Waals surface area contributed by atoms with E-state index in [1.54, 1.807) is 18.6 Å². The quantitative estimate of drug-likeness (QED) is 0.602. The van der Waals surface area contributed by atoms with Crippen LogP contribution in [0.25, 0.3) is 10.9 Å². The monoisotopic (exact) mass is 328 g/mol. The molecule has 0 aliphatic heterocycles. The van der Waals surface area contributed by atoms with Gasteiger partial charge in [0.1, 0.15) is 0 Å². The average Bonchev–Trinajstić information content (AvgIpc) is 3.16. The van der Waals surface area contributed by atoms with Crippen LogP contribution in [0.1, 0.15) is 27.5 Å². The lowest BCUT2D eigenvalue weighted by Crippen LogP contribution is -2.29. The maximum Gasteiger partial charge on any atom is 0.252 e. The molecule has 1 atom stereocenters. The highest BCUT2D eigenvalue weighted by Crippen LogP contribution is 2.23. The van der Waals surface area contributed by atoms with Gasteiger partial charge in [0.05, 0.1) is 23.3 Å². The Kier molecular flexibility index (Phi) is 3.96. The highest BCUT2D eigenvalue weighted by atomic mass is 16.1. The number of aromatic nitrogens is 3. The van der Waals surface area contributed by atoms with Gasteiger partial charge in [0.2, 0.25) is 0 Å². The highest BCUT2D eigenvalue weighted by Gasteiger charge is 2.19. The van der Waals surface area contributed by atoms with Crippen molar-refractivity contribution in [2.75, 3.05) is 0 Å². The lowest BCUT2D eigenvalue weighted by molar-refractivity contribution is 0.0944. The summed E-state index contributed by atoms with van der Waals surface area (Å²) in [6.45, 7) is 0. The van der Waals surface area contributed by atoms with Crippen LogP contribution in [-0.4, -0.2) is 21.1 Å². The second-order valence-corrected chi connectivity index (χ2v) is 5.73. The topological polar surface area (TPSA) is 70.7 Å². The van der Waals surface area contributed by atoms with Crippen molar-refractivity contribution in [3.8, 4) is 0 Å². The fraction of sp³-hybridized carbons (Fsp3) is 0.0500. The predicted octanol–water partition coefficient (Wildman–Crippen LogP) is 3.48. The Morgan fingerprint density at radius 1 is 0.920 bits per heavy atom. The lowest BCUT2D eigenvalue weighted by Gasteiger charge is -2.20. The van der Waals surface area contributed by atoms with E-state index in [1.807, 2.05) is 60.7 Å². The molecule has 2 N–H and O–H groups in total. The van der Waals surface area contributed by atoms with E-state index in [0.717, 1.165) is 22.0 Å². The molecule has 4 rings (SSSR count). The third kappa shape index (κ3) is 2.99. The Hall–Kier alpha value is -3.47. The van der Waals surface area contributed by atoms with Gasteiger partial charge in [-0.1, -0.05) is 36.4 Å². The summed E-state index contributed by atoms with van der Waals surface area (Å²) in [5, 5.41) is 10.9. The molecule has 0 aliphatic carbocycles. The first kappa shape index (κ1) is 15.1. The summed E-state index contributed by atoms with van der Waals surface area (Å²) in [6.07, 6.45) is 5.14. The Morgan fingerprint density at radius 2 is 1.68 bits per heavy atom. The van der Waals surface area contributed by atoms with Crippen LogP contribution in [0.2, 0.25) is 0 Å². The van der Waals surface area contributed by atoms with Gasteiger partial charge in [-0.25, -0.2) is 0 Å². The number of hydrogen-bond acceptors (Lipinski definition) is 3. The summed E-state index contributed by atoms with van der Waals surface area (Å²) in [4.78, 5) is 17.0. The zero-order valence-electron chi connectivity index (χ0n) is 13.4. The van der Waals surface area contributed by atoms with E-state index in [4.69, 9.17) is 0 Å². The summed E-state index contributed by atoms with van der Waals surface area (Å²) in [7, 11) is 0. The van der Waals surface area contributed by atoms with E-state index >= 15 is 0 Å². The average molecular weight is 328 g/mol. The minimum atomic E-state index is -0.251. The molecule has 2 heterocycles. The van der Waals surface area contributed by atoms with E-state index in [9.17, 15) is 4.79 Å². The second-order valence-electron chi connectivity index (χ2n) is 5.73. The number of H-pyrrole nitrogens is 1. The largest absolute Gasteiger partial charge is 0.341 e. The standard InChI is InChI=1S/C20H16N4O/c25-20(16-7-4-8-18-17(16)13-22-24-18)23-19(14-5-2-1-3-6-14)15-9-11-21-12-10-15/h1-13,19H,(H,22,24)(H,23,25)/t19-/m0/s1. The van der Waals surface area contributed by atoms with Gasteiger partial charge < -0.3 is 5.32 Å². The summed E-state index contributed by atoms with van der Waals surface area (Å²) in [5.74, 6) is -0.141. The number of fused-ring (bicyclic) bond motifs is 1. The number of carbonyl (C=O) groups is 1. The normalized spacial score (nSPS) is 12.0. The third-order valence-electron chi connectivity index (χ3n) is 4.18. The first-order valence-corrected chi connectivity index (χ1v) is 8.01. The number of benzene rings is 2. The van der Waals surface area contributed by atoms with Crippen molar-refractivity contribution < 1.29 is 4.79 Å². The second kappa shape index (κ2) is 6.57. The highest BCUT2D eigenvalue weighted by molar-refractivity contribution is 6.06. The maximum absolute atomic E-state index is 12.9. The molecule has 122 valence electrons. The van der Waals surface area contributed by atoms with Crippen molar-refractivity contribution in [1.29, 1.82) is 0 Å². The van der Waals surface area contributed by atoms with Crippen molar-refractivity contribution in [3.63, 3.8) is 0 Å². The summed E-state index contributed by atoms with van der Waals surface area (Å²) in [5.41, 5.74) is 3.43. The van der Waals surface area contributed by atoms with E-state index in [-0.39, 0.29) is 11.9 Å². The van der Waals surface area contributed by atoms with Crippen LogP contribution in [0.15, 0.2) is 79.3 Å². The predicted molar refractivity (Wildman–Crippen MR) is 96.1 cm³/mol. The fourth-order valence-corrected chi connectivity index (χ4v) is 2.94. The molecule has 0 fully saturated rings. The fourth-order valence-electron chi connectivity index (χ4n) is 2.94. The SMILES string of the molecule is O=C(N[C@@H](c1ccccc1)c1ccncc1)c1cccc2[nH]ncc12. The van der Waals surface area contributed by atoms with Crippen LogP contribution in [0, 0.1) is 0 Å². The number of nitrogens with zero attached hydrogens (tertiary/aromatic N) is 2. The van der Waals surface area contributed by atoms with Gasteiger partial charge in [-0.05, 0) is 35.4 Å². The molecule has 0 bridgehead atoms. The van der Waals surface area contributed by atoms with Gasteiger partial charge in [0, 0.05) is 17.8 Å². The number of nitrogens with one attached hydrogen (secondary N) is 2. The molecule has 0 aliphatic rings. The van der Waals surface area contributed by atoms with Crippen molar-refractivity contribution in [3.05, 3.63) is 95.9 Å². The van der Waals surface area contributed by atoms with Gasteiger partial charge in [0.15, 0.2) is 0 Å². The van der Waals surface area contributed by atoms with E-state index < -0.39 is 0 Å². The molecular formula is C20H16N4O. The van der Waals surface area contributed by atoms with Gasteiger partial charge in [-0.15, -0.1) is 0 Å². The number of aromatic amines is 1.